The molecule has 0 rings (SSSR count). The van der Waals surface area contributed by atoms with Gasteiger partial charge in [-0.1, -0.05) is 68.2 Å². The fourth-order valence-electron chi connectivity index (χ4n) is 2.87. The van der Waals surface area contributed by atoms with Crippen molar-refractivity contribution in [2.24, 2.45) is 17.8 Å². The van der Waals surface area contributed by atoms with Gasteiger partial charge in [-0.05, 0) is 11.1 Å². The third-order valence-electron chi connectivity index (χ3n) is 4.42. The zero-order valence-electron chi connectivity index (χ0n) is 16.0. The Balaban J connectivity index is 4.83. The lowest BCUT2D eigenvalue weighted by molar-refractivity contribution is -0.810. The van der Waals surface area contributed by atoms with Gasteiger partial charge in [-0.3, -0.25) is 4.65 Å². The summed E-state index contributed by atoms with van der Waals surface area (Å²) in [6, 6.07) is 0. The van der Waals surface area contributed by atoms with E-state index in [0.717, 1.165) is 0 Å². The van der Waals surface area contributed by atoms with E-state index >= 15 is 0 Å². The van der Waals surface area contributed by atoms with E-state index in [9.17, 15) is 10.0 Å². The van der Waals surface area contributed by atoms with E-state index in [2.05, 4.69) is 27.7 Å². The maximum Gasteiger partial charge on any atom is 0.317 e. The van der Waals surface area contributed by atoms with Crippen molar-refractivity contribution in [3.05, 3.63) is 5.21 Å². The first-order chi connectivity index (χ1) is 9.94. The molecule has 0 radical (unpaired) electrons. The van der Waals surface area contributed by atoms with Crippen LogP contribution < -0.4 is 0 Å². The molecule has 2 atom stereocenters. The summed E-state index contributed by atoms with van der Waals surface area (Å²) < 4.78 is -0.638. The Labute approximate surface area is 140 Å². The van der Waals surface area contributed by atoms with Crippen LogP contribution in [0.15, 0.2) is 0 Å². The summed E-state index contributed by atoms with van der Waals surface area (Å²) >= 11 is 0. The highest BCUT2D eigenvalue weighted by atomic mass is 31.1. The summed E-state index contributed by atoms with van der Waals surface area (Å²) in [4.78, 5) is 12.6. The van der Waals surface area contributed by atoms with Gasteiger partial charge in [0, 0.05) is 11.8 Å². The summed E-state index contributed by atoms with van der Waals surface area (Å²) in [5, 5.41) is 13.2. The number of amides is 1. The van der Waals surface area contributed by atoms with Crippen molar-refractivity contribution in [2.75, 3.05) is 19.3 Å². The normalized spacial score (nSPS) is 15.2. The fraction of sp³-hybridized carbons (Fsp3) is 0.944. The Kier molecular flexibility index (Phi) is 9.36. The number of hydroxylamine groups is 3. The van der Waals surface area contributed by atoms with Crippen LogP contribution in [0.5, 0.6) is 0 Å². The molecule has 3 nitrogen and oxygen atoms in total. The molecule has 0 fully saturated rings. The van der Waals surface area contributed by atoms with Gasteiger partial charge in [0.15, 0.2) is 0 Å². The van der Waals surface area contributed by atoms with Gasteiger partial charge < -0.3 is 5.21 Å². The molecule has 0 aromatic carbocycles. The second-order valence-corrected chi connectivity index (χ2v) is 10.2. The highest BCUT2D eigenvalue weighted by Crippen LogP contribution is 2.40. The smallest absolute Gasteiger partial charge is 0.317 e. The Bertz CT molecular complexity index is 330. The summed E-state index contributed by atoms with van der Waals surface area (Å²) in [6.07, 6.45) is 2.79. The van der Waals surface area contributed by atoms with Gasteiger partial charge in [-0.2, -0.15) is 0 Å². The molecule has 0 saturated carbocycles. The Morgan fingerprint density at radius 2 is 1.55 bits per heavy atom. The highest BCUT2D eigenvalue weighted by Gasteiger charge is 2.32. The van der Waals surface area contributed by atoms with E-state index in [1.807, 2.05) is 27.7 Å². The van der Waals surface area contributed by atoms with Crippen molar-refractivity contribution in [1.82, 2.24) is 0 Å². The zero-order valence-corrected chi connectivity index (χ0v) is 17.0. The molecule has 0 aliphatic carbocycles. The molecule has 132 valence electrons. The number of quaternary nitrogens is 1. The molecule has 0 spiro atoms. The van der Waals surface area contributed by atoms with Crippen LogP contribution in [0.1, 0.15) is 68.2 Å². The third-order valence-corrected chi connectivity index (χ3v) is 6.31. The van der Waals surface area contributed by atoms with E-state index < -0.39 is 4.65 Å². The summed E-state index contributed by atoms with van der Waals surface area (Å²) in [6.45, 7) is 17.9. The summed E-state index contributed by atoms with van der Waals surface area (Å²) in [7, 11) is 0.531. The number of rotatable bonds is 10. The molecule has 0 N–H and O–H groups in total. The molecule has 0 heterocycles. The molecule has 0 aromatic heterocycles. The van der Waals surface area contributed by atoms with Crippen LogP contribution in [0.3, 0.4) is 0 Å². The fourth-order valence-corrected chi connectivity index (χ4v) is 4.26. The monoisotopic (exact) mass is 331 g/mol. The quantitative estimate of drug-likeness (QED) is 0.320. The Hall–Kier alpha value is 0.0200. The Morgan fingerprint density at radius 3 is 1.91 bits per heavy atom. The number of nitrogens with zero attached hydrogens (tertiary/aromatic N) is 1. The maximum absolute atomic E-state index is 13.0. The molecule has 0 saturated heterocycles. The summed E-state index contributed by atoms with van der Waals surface area (Å²) in [5.41, 5.74) is 0. The first-order valence-electron chi connectivity index (χ1n) is 8.81. The van der Waals surface area contributed by atoms with Crippen LogP contribution in [-0.4, -0.2) is 35.0 Å². The van der Waals surface area contributed by atoms with Gasteiger partial charge in [0.05, 0.1) is 19.3 Å². The third kappa shape index (κ3) is 7.53. The van der Waals surface area contributed by atoms with E-state index in [1.54, 1.807) is 0 Å². The predicted octanol–water partition coefficient (Wildman–Crippen LogP) is 5.03. The van der Waals surface area contributed by atoms with Gasteiger partial charge in [0.25, 0.3) is 0 Å². The van der Waals surface area contributed by atoms with Crippen molar-refractivity contribution < 1.29 is 9.44 Å². The largest absolute Gasteiger partial charge is 0.625 e. The SMILES string of the molecule is CCCC(C)C(C)(C)PCC(=O)[N+]([O-])(CC(C)C)CC(C)C. The number of carbonyl (C=O) groups excluding carboxylic acids is 1. The molecular formula is C18H38NO2P. The first kappa shape index (κ1) is 22.0. The maximum atomic E-state index is 13.0. The zero-order chi connectivity index (χ0) is 17.6. The molecule has 2 unspecified atom stereocenters. The van der Waals surface area contributed by atoms with Gasteiger partial charge in [-0.25, -0.2) is 4.79 Å². The molecule has 0 aliphatic heterocycles. The number of hydrogen-bond donors (Lipinski definition) is 0. The number of hydrogen-bond acceptors (Lipinski definition) is 2. The standard InChI is InChI=1S/C18H38NO2P/c1-9-10-16(6)18(7,8)22-13-17(20)19(21,11-14(2)3)12-15(4)5/h14-16,22H,9-13H2,1-8H3. The topological polar surface area (TPSA) is 40.1 Å². The second kappa shape index (κ2) is 9.35. The lowest BCUT2D eigenvalue weighted by Crippen LogP contribution is -2.53. The molecular weight excluding hydrogens is 293 g/mol. The van der Waals surface area contributed by atoms with Gasteiger partial charge in [0.2, 0.25) is 0 Å². The summed E-state index contributed by atoms with van der Waals surface area (Å²) in [5.74, 6) is 0.969. The van der Waals surface area contributed by atoms with Crippen LogP contribution in [0.4, 0.5) is 0 Å². The van der Waals surface area contributed by atoms with Gasteiger partial charge in [0.1, 0.15) is 0 Å². The van der Waals surface area contributed by atoms with Crippen molar-refractivity contribution in [3.63, 3.8) is 0 Å². The number of carbonyl (C=O) groups is 1. The van der Waals surface area contributed by atoms with Crippen LogP contribution in [0.25, 0.3) is 0 Å². The minimum atomic E-state index is -0.638. The van der Waals surface area contributed by atoms with Crippen molar-refractivity contribution in [2.45, 2.75) is 73.4 Å². The lowest BCUT2D eigenvalue weighted by Gasteiger charge is -2.43. The van der Waals surface area contributed by atoms with Crippen molar-refractivity contribution in [1.29, 1.82) is 0 Å². The predicted molar refractivity (Wildman–Crippen MR) is 99.4 cm³/mol. The second-order valence-electron chi connectivity index (χ2n) is 8.20. The minimum absolute atomic E-state index is 0.113. The van der Waals surface area contributed by atoms with Crippen LogP contribution in [0.2, 0.25) is 0 Å². The molecule has 1 amide bonds. The Morgan fingerprint density at radius 1 is 1.09 bits per heavy atom. The van der Waals surface area contributed by atoms with Crippen molar-refractivity contribution in [3.8, 4) is 0 Å². The molecule has 0 bridgehead atoms. The molecule has 0 aliphatic rings. The van der Waals surface area contributed by atoms with Gasteiger partial charge in [-0.15, -0.1) is 8.58 Å². The van der Waals surface area contributed by atoms with E-state index in [1.165, 1.54) is 12.8 Å². The highest BCUT2D eigenvalue weighted by molar-refractivity contribution is 7.41. The van der Waals surface area contributed by atoms with E-state index in [4.69, 9.17) is 0 Å². The average molecular weight is 331 g/mol. The molecule has 4 heteroatoms. The van der Waals surface area contributed by atoms with E-state index in [-0.39, 0.29) is 22.9 Å². The van der Waals surface area contributed by atoms with Crippen LogP contribution >= 0.6 is 8.58 Å². The molecule has 22 heavy (non-hydrogen) atoms. The lowest BCUT2D eigenvalue weighted by atomic mass is 9.92. The van der Waals surface area contributed by atoms with E-state index in [0.29, 0.717) is 33.8 Å². The average Bonchev–Trinajstić information content (AvgIpc) is 2.34. The van der Waals surface area contributed by atoms with Crippen molar-refractivity contribution >= 4 is 14.5 Å². The van der Waals surface area contributed by atoms with Gasteiger partial charge >= 0.3 is 5.91 Å². The molecule has 0 aromatic rings. The minimum Gasteiger partial charge on any atom is -0.625 e. The first-order valence-corrected chi connectivity index (χ1v) is 10.0. The van der Waals surface area contributed by atoms with Crippen LogP contribution in [0, 0.1) is 23.0 Å². The van der Waals surface area contributed by atoms with Crippen LogP contribution in [-0.2, 0) is 4.79 Å².